The lowest BCUT2D eigenvalue weighted by Gasteiger charge is -2.01. The van der Waals surface area contributed by atoms with Gasteiger partial charge in [-0.2, -0.15) is 4.98 Å². The summed E-state index contributed by atoms with van der Waals surface area (Å²) in [5.74, 6) is 0.930. The number of thiophene rings is 1. The number of halogens is 1. The van der Waals surface area contributed by atoms with Gasteiger partial charge in [-0.3, -0.25) is 4.79 Å². The minimum absolute atomic E-state index is 0.0875. The van der Waals surface area contributed by atoms with Gasteiger partial charge in [0.1, 0.15) is 17.3 Å². The van der Waals surface area contributed by atoms with Crippen LogP contribution >= 0.6 is 11.3 Å². The first kappa shape index (κ1) is 18.1. The fourth-order valence-electron chi connectivity index (χ4n) is 2.58. The first-order valence-electron chi connectivity index (χ1n) is 8.55. The topological polar surface area (TPSA) is 78.4 Å². The Bertz CT molecular complexity index is 1070. The second-order valence-electron chi connectivity index (χ2n) is 5.90. The number of furan rings is 1. The molecule has 0 aliphatic rings. The van der Waals surface area contributed by atoms with Crippen molar-refractivity contribution in [2.24, 2.45) is 0 Å². The molecule has 0 radical (unpaired) electrons. The van der Waals surface area contributed by atoms with E-state index in [1.165, 1.54) is 17.4 Å². The van der Waals surface area contributed by atoms with E-state index in [1.54, 1.807) is 30.3 Å². The number of nitrogens with zero attached hydrogens (tertiary/aromatic N) is 2. The van der Waals surface area contributed by atoms with Gasteiger partial charge in [0.2, 0.25) is 5.82 Å². The minimum Gasteiger partial charge on any atom is -0.461 e. The summed E-state index contributed by atoms with van der Waals surface area (Å²) >= 11 is 1.49. The molecule has 0 saturated carbocycles. The Morgan fingerprint density at radius 3 is 2.86 bits per heavy atom. The zero-order chi connectivity index (χ0) is 19.3. The number of rotatable bonds is 7. The van der Waals surface area contributed by atoms with Gasteiger partial charge in [0, 0.05) is 6.42 Å². The van der Waals surface area contributed by atoms with Gasteiger partial charge in [-0.15, -0.1) is 11.3 Å². The maximum absolute atomic E-state index is 13.8. The molecule has 4 aromatic rings. The SMILES string of the molecule is O=C(CCc1ccc(-c2ccccc2F)o1)OCc1nc(-c2cccs2)no1. The summed E-state index contributed by atoms with van der Waals surface area (Å²) in [5.41, 5.74) is 0.384. The Morgan fingerprint density at radius 2 is 2.04 bits per heavy atom. The highest BCUT2D eigenvalue weighted by molar-refractivity contribution is 7.13. The summed E-state index contributed by atoms with van der Waals surface area (Å²) in [4.78, 5) is 17.0. The highest BCUT2D eigenvalue weighted by Crippen LogP contribution is 2.25. The van der Waals surface area contributed by atoms with Crippen molar-refractivity contribution in [3.05, 3.63) is 71.4 Å². The van der Waals surface area contributed by atoms with Crippen molar-refractivity contribution in [3.63, 3.8) is 0 Å². The van der Waals surface area contributed by atoms with Crippen molar-refractivity contribution < 1.29 is 22.9 Å². The van der Waals surface area contributed by atoms with E-state index >= 15 is 0 Å². The quantitative estimate of drug-likeness (QED) is 0.413. The van der Waals surface area contributed by atoms with Crippen LogP contribution in [0.2, 0.25) is 0 Å². The minimum atomic E-state index is -0.417. The van der Waals surface area contributed by atoms with Gasteiger partial charge in [-0.25, -0.2) is 4.39 Å². The number of carbonyl (C=O) groups is 1. The number of aryl methyl sites for hydroxylation is 1. The normalized spacial score (nSPS) is 10.9. The molecule has 142 valence electrons. The summed E-state index contributed by atoms with van der Waals surface area (Å²) in [6.07, 6.45) is 0.466. The van der Waals surface area contributed by atoms with Gasteiger partial charge in [0.15, 0.2) is 6.61 Å². The highest BCUT2D eigenvalue weighted by Gasteiger charge is 2.13. The zero-order valence-electron chi connectivity index (χ0n) is 14.6. The Balaban J connectivity index is 1.28. The lowest BCUT2D eigenvalue weighted by atomic mass is 10.1. The molecule has 1 aromatic carbocycles. The average Bonchev–Trinajstić information content (AvgIpc) is 3.46. The van der Waals surface area contributed by atoms with Gasteiger partial charge >= 0.3 is 5.97 Å². The number of ether oxygens (including phenoxy) is 1. The third-order valence-corrected chi connectivity index (χ3v) is 4.81. The van der Waals surface area contributed by atoms with E-state index < -0.39 is 5.97 Å². The second-order valence-corrected chi connectivity index (χ2v) is 6.84. The lowest BCUT2D eigenvalue weighted by Crippen LogP contribution is -2.05. The predicted molar refractivity (Wildman–Crippen MR) is 99.8 cm³/mol. The van der Waals surface area contributed by atoms with Crippen molar-refractivity contribution in [3.8, 4) is 22.0 Å². The van der Waals surface area contributed by atoms with Crippen molar-refractivity contribution in [1.82, 2.24) is 10.1 Å². The van der Waals surface area contributed by atoms with Crippen molar-refractivity contribution in [1.29, 1.82) is 0 Å². The molecule has 0 atom stereocenters. The van der Waals surface area contributed by atoms with Gasteiger partial charge < -0.3 is 13.7 Å². The molecule has 0 aliphatic carbocycles. The molecule has 0 fully saturated rings. The van der Waals surface area contributed by atoms with Crippen LogP contribution in [0.3, 0.4) is 0 Å². The Kier molecular flexibility index (Phi) is 5.29. The number of esters is 1. The van der Waals surface area contributed by atoms with Crippen molar-refractivity contribution in [2.75, 3.05) is 0 Å². The molecule has 0 saturated heterocycles. The number of hydrogen-bond donors (Lipinski definition) is 0. The van der Waals surface area contributed by atoms with Crippen LogP contribution in [0.25, 0.3) is 22.0 Å². The molecule has 0 N–H and O–H groups in total. The second kappa shape index (κ2) is 8.18. The highest BCUT2D eigenvalue weighted by atomic mass is 32.1. The number of hydrogen-bond acceptors (Lipinski definition) is 7. The summed E-state index contributed by atoms with van der Waals surface area (Å²) in [5, 5.41) is 5.77. The van der Waals surface area contributed by atoms with Crippen LogP contribution in [0.15, 0.2) is 62.9 Å². The third kappa shape index (κ3) is 4.17. The van der Waals surface area contributed by atoms with Crippen LogP contribution in [-0.2, 0) is 22.6 Å². The van der Waals surface area contributed by atoms with E-state index in [-0.39, 0.29) is 24.7 Å². The molecular formula is C20H15FN2O4S. The first-order chi connectivity index (χ1) is 13.7. The van der Waals surface area contributed by atoms with Gasteiger partial charge in [0.25, 0.3) is 5.89 Å². The monoisotopic (exact) mass is 398 g/mol. The Labute approximate surface area is 163 Å². The summed E-state index contributed by atoms with van der Waals surface area (Å²) < 4.78 is 29.7. The number of carbonyl (C=O) groups excluding carboxylic acids is 1. The molecule has 0 spiro atoms. The molecule has 3 heterocycles. The molecule has 0 unspecified atom stereocenters. The summed E-state index contributed by atoms with van der Waals surface area (Å²) in [6.45, 7) is -0.0875. The van der Waals surface area contributed by atoms with Crippen molar-refractivity contribution in [2.45, 2.75) is 19.4 Å². The van der Waals surface area contributed by atoms with E-state index in [2.05, 4.69) is 10.1 Å². The molecule has 0 bridgehead atoms. The van der Waals surface area contributed by atoms with E-state index in [9.17, 15) is 9.18 Å². The maximum Gasteiger partial charge on any atom is 0.306 e. The molecule has 3 aromatic heterocycles. The summed E-state index contributed by atoms with van der Waals surface area (Å²) in [6, 6.07) is 13.5. The zero-order valence-corrected chi connectivity index (χ0v) is 15.4. The fourth-order valence-corrected chi connectivity index (χ4v) is 3.23. The van der Waals surface area contributed by atoms with Crippen LogP contribution in [-0.4, -0.2) is 16.1 Å². The van der Waals surface area contributed by atoms with Gasteiger partial charge in [-0.1, -0.05) is 23.4 Å². The van der Waals surface area contributed by atoms with Gasteiger partial charge in [0.05, 0.1) is 16.9 Å². The first-order valence-corrected chi connectivity index (χ1v) is 9.43. The predicted octanol–water partition coefficient (Wildman–Crippen LogP) is 4.87. The van der Waals surface area contributed by atoms with Crippen LogP contribution in [0.4, 0.5) is 4.39 Å². The molecule has 0 amide bonds. The van der Waals surface area contributed by atoms with E-state index in [1.807, 2.05) is 17.5 Å². The summed E-state index contributed by atoms with van der Waals surface area (Å²) in [7, 11) is 0. The van der Waals surface area contributed by atoms with Crippen LogP contribution in [0, 0.1) is 5.82 Å². The Hall–Kier alpha value is -3.26. The van der Waals surface area contributed by atoms with E-state index in [4.69, 9.17) is 13.7 Å². The number of benzene rings is 1. The van der Waals surface area contributed by atoms with Crippen LogP contribution < -0.4 is 0 Å². The van der Waals surface area contributed by atoms with Crippen molar-refractivity contribution >= 4 is 17.3 Å². The molecular weight excluding hydrogens is 383 g/mol. The lowest BCUT2D eigenvalue weighted by molar-refractivity contribution is -0.145. The standard InChI is InChI=1S/C20H15FN2O4S/c21-15-5-2-1-4-14(15)16-9-7-13(26-16)8-10-19(24)25-12-18-22-20(23-27-18)17-6-3-11-28-17/h1-7,9,11H,8,10,12H2. The Morgan fingerprint density at radius 1 is 1.14 bits per heavy atom. The van der Waals surface area contributed by atoms with Crippen LogP contribution in [0.5, 0.6) is 0 Å². The third-order valence-electron chi connectivity index (χ3n) is 3.94. The fraction of sp³-hybridized carbons (Fsp3) is 0.150. The molecule has 0 aliphatic heterocycles. The average molecular weight is 398 g/mol. The largest absolute Gasteiger partial charge is 0.461 e. The van der Waals surface area contributed by atoms with Gasteiger partial charge in [-0.05, 0) is 35.7 Å². The molecule has 4 rings (SSSR count). The van der Waals surface area contributed by atoms with E-state index in [0.717, 1.165) is 4.88 Å². The smallest absolute Gasteiger partial charge is 0.306 e. The molecule has 6 nitrogen and oxygen atoms in total. The molecule has 8 heteroatoms. The van der Waals surface area contributed by atoms with Crippen LogP contribution in [0.1, 0.15) is 18.1 Å². The maximum atomic E-state index is 13.8. The molecule has 28 heavy (non-hydrogen) atoms. The van der Waals surface area contributed by atoms with E-state index in [0.29, 0.717) is 29.3 Å². The number of aromatic nitrogens is 2.